The van der Waals surface area contributed by atoms with Crippen LogP contribution in [0.5, 0.6) is 5.75 Å². The second-order valence-corrected chi connectivity index (χ2v) is 4.80. The molecule has 1 rings (SSSR count). The normalized spacial score (nSPS) is 9.38. The zero-order chi connectivity index (χ0) is 9.84. The first-order chi connectivity index (χ1) is 6.15. The number of benzene rings is 1. The van der Waals surface area contributed by atoms with Gasteiger partial charge in [0.25, 0.3) is 0 Å². The van der Waals surface area contributed by atoms with Crippen molar-refractivity contribution in [2.75, 3.05) is 6.61 Å². The van der Waals surface area contributed by atoms with Gasteiger partial charge in [-0.05, 0) is 69.8 Å². The molecular formula is C9H7I2NO. The summed E-state index contributed by atoms with van der Waals surface area (Å²) < 4.78 is 7.45. The molecule has 0 aliphatic rings. The molecule has 0 N–H and O–H groups in total. The lowest BCUT2D eigenvalue weighted by molar-refractivity contribution is 0.365. The van der Waals surface area contributed by atoms with Crippen LogP contribution in [0.25, 0.3) is 0 Å². The highest BCUT2D eigenvalue weighted by atomic mass is 127. The van der Waals surface area contributed by atoms with E-state index in [4.69, 9.17) is 10.00 Å². The van der Waals surface area contributed by atoms with Crippen molar-refractivity contribution in [3.8, 4) is 11.8 Å². The van der Waals surface area contributed by atoms with Crippen LogP contribution < -0.4 is 4.74 Å². The second-order valence-electron chi connectivity index (χ2n) is 2.48. The van der Waals surface area contributed by atoms with E-state index in [-0.39, 0.29) is 6.61 Å². The molecule has 0 aromatic heterocycles. The number of hydrogen-bond acceptors (Lipinski definition) is 2. The SMILES string of the molecule is Cc1cc(I)c(OCC#N)cc1I. The molecule has 0 saturated carbocycles. The third kappa shape index (κ3) is 2.98. The van der Waals surface area contributed by atoms with E-state index in [2.05, 4.69) is 58.2 Å². The molecule has 0 bridgehead atoms. The van der Waals surface area contributed by atoms with E-state index >= 15 is 0 Å². The number of halogens is 2. The Labute approximate surface area is 105 Å². The molecule has 1 aromatic carbocycles. The van der Waals surface area contributed by atoms with Crippen molar-refractivity contribution in [2.24, 2.45) is 0 Å². The van der Waals surface area contributed by atoms with Crippen molar-refractivity contribution in [1.29, 1.82) is 5.26 Å². The smallest absolute Gasteiger partial charge is 0.174 e. The lowest BCUT2D eigenvalue weighted by atomic mass is 10.2. The minimum atomic E-state index is 0.106. The van der Waals surface area contributed by atoms with Gasteiger partial charge >= 0.3 is 0 Å². The molecule has 0 spiro atoms. The average molecular weight is 399 g/mol. The number of aryl methyl sites for hydroxylation is 1. The molecule has 13 heavy (non-hydrogen) atoms. The summed E-state index contributed by atoms with van der Waals surface area (Å²) in [6.45, 7) is 2.16. The first kappa shape index (κ1) is 11.0. The summed E-state index contributed by atoms with van der Waals surface area (Å²) in [7, 11) is 0. The van der Waals surface area contributed by atoms with Gasteiger partial charge in [-0.25, -0.2) is 0 Å². The maximum Gasteiger partial charge on any atom is 0.174 e. The summed E-state index contributed by atoms with van der Waals surface area (Å²) >= 11 is 4.46. The standard InChI is InChI=1S/C9H7I2NO/c1-6-4-8(11)9(5-7(6)10)13-3-2-12/h4-5H,3H2,1H3. The van der Waals surface area contributed by atoms with Crippen LogP contribution in [0, 0.1) is 25.4 Å². The third-order valence-corrected chi connectivity index (χ3v) is 3.51. The molecule has 0 atom stereocenters. The average Bonchev–Trinajstić information content (AvgIpc) is 2.09. The van der Waals surface area contributed by atoms with Crippen LogP contribution in [0.3, 0.4) is 0 Å². The Kier molecular flexibility index (Phi) is 4.25. The van der Waals surface area contributed by atoms with Gasteiger partial charge in [0.15, 0.2) is 6.61 Å². The number of nitriles is 1. The molecular weight excluding hydrogens is 392 g/mol. The van der Waals surface area contributed by atoms with Gasteiger partial charge < -0.3 is 4.74 Å². The minimum absolute atomic E-state index is 0.106. The molecule has 0 aliphatic carbocycles. The highest BCUT2D eigenvalue weighted by Gasteiger charge is 2.04. The third-order valence-electron chi connectivity index (χ3n) is 1.51. The van der Waals surface area contributed by atoms with Crippen LogP contribution in [0.1, 0.15) is 5.56 Å². The molecule has 2 nitrogen and oxygen atoms in total. The number of nitrogens with zero attached hydrogens (tertiary/aromatic N) is 1. The summed E-state index contributed by atoms with van der Waals surface area (Å²) in [5.74, 6) is 0.789. The highest BCUT2D eigenvalue weighted by Crippen LogP contribution is 2.25. The van der Waals surface area contributed by atoms with Gasteiger partial charge in [-0.1, -0.05) is 0 Å². The van der Waals surface area contributed by atoms with Crippen LogP contribution in [0.4, 0.5) is 0 Å². The van der Waals surface area contributed by atoms with Crippen LogP contribution in [0.2, 0.25) is 0 Å². The Morgan fingerprint density at radius 1 is 1.38 bits per heavy atom. The Bertz CT molecular complexity index is 357. The maximum absolute atomic E-state index is 8.36. The lowest BCUT2D eigenvalue weighted by Gasteiger charge is -2.06. The van der Waals surface area contributed by atoms with Gasteiger partial charge in [0.05, 0.1) is 3.57 Å². The zero-order valence-electron chi connectivity index (χ0n) is 6.97. The quantitative estimate of drug-likeness (QED) is 0.717. The summed E-state index contributed by atoms with van der Waals surface area (Å²) in [6, 6.07) is 5.95. The van der Waals surface area contributed by atoms with E-state index < -0.39 is 0 Å². The molecule has 0 amide bonds. The Hall–Kier alpha value is -0.0300. The van der Waals surface area contributed by atoms with E-state index in [0.717, 1.165) is 12.9 Å². The van der Waals surface area contributed by atoms with E-state index in [1.165, 1.54) is 5.56 Å². The zero-order valence-corrected chi connectivity index (χ0v) is 11.3. The van der Waals surface area contributed by atoms with Crippen molar-refractivity contribution < 1.29 is 4.74 Å². The molecule has 0 aliphatic heterocycles. The van der Waals surface area contributed by atoms with Gasteiger partial charge in [0.1, 0.15) is 11.8 Å². The van der Waals surface area contributed by atoms with Crippen molar-refractivity contribution in [3.05, 3.63) is 24.8 Å². The van der Waals surface area contributed by atoms with Crippen LogP contribution in [0.15, 0.2) is 12.1 Å². The fourth-order valence-electron chi connectivity index (χ4n) is 0.849. The van der Waals surface area contributed by atoms with E-state index in [1.807, 2.05) is 12.1 Å². The van der Waals surface area contributed by atoms with E-state index in [1.54, 1.807) is 0 Å². The Morgan fingerprint density at radius 3 is 2.69 bits per heavy atom. The molecule has 1 aromatic rings. The summed E-state index contributed by atoms with van der Waals surface area (Å²) in [6.07, 6.45) is 0. The fourth-order valence-corrected chi connectivity index (χ4v) is 2.07. The molecule has 68 valence electrons. The highest BCUT2D eigenvalue weighted by molar-refractivity contribution is 14.1. The van der Waals surface area contributed by atoms with E-state index in [9.17, 15) is 0 Å². The molecule has 0 unspecified atom stereocenters. The number of rotatable bonds is 2. The van der Waals surface area contributed by atoms with Crippen molar-refractivity contribution in [3.63, 3.8) is 0 Å². The van der Waals surface area contributed by atoms with Crippen molar-refractivity contribution in [2.45, 2.75) is 6.92 Å². The topological polar surface area (TPSA) is 33.0 Å². The van der Waals surface area contributed by atoms with Gasteiger partial charge in [-0.15, -0.1) is 0 Å². The molecule has 0 heterocycles. The van der Waals surface area contributed by atoms with Crippen LogP contribution in [-0.4, -0.2) is 6.61 Å². The summed E-state index contributed by atoms with van der Waals surface area (Å²) in [5.41, 5.74) is 1.23. The van der Waals surface area contributed by atoms with Gasteiger partial charge in [0, 0.05) is 3.57 Å². The number of hydrogen-bond donors (Lipinski definition) is 0. The predicted octanol–water partition coefficient (Wildman–Crippen LogP) is 3.11. The largest absolute Gasteiger partial charge is 0.478 e. The fraction of sp³-hybridized carbons (Fsp3) is 0.222. The molecule has 0 radical (unpaired) electrons. The summed E-state index contributed by atoms with van der Waals surface area (Å²) in [5, 5.41) is 8.36. The van der Waals surface area contributed by atoms with Gasteiger partial charge in [0.2, 0.25) is 0 Å². The monoisotopic (exact) mass is 399 g/mol. The minimum Gasteiger partial charge on any atom is -0.478 e. The summed E-state index contributed by atoms with van der Waals surface area (Å²) in [4.78, 5) is 0. The van der Waals surface area contributed by atoms with Crippen LogP contribution >= 0.6 is 45.2 Å². The lowest BCUT2D eigenvalue weighted by Crippen LogP contribution is -1.97. The molecule has 0 saturated heterocycles. The Morgan fingerprint density at radius 2 is 2.08 bits per heavy atom. The van der Waals surface area contributed by atoms with Gasteiger partial charge in [-0.2, -0.15) is 5.26 Å². The molecule has 4 heteroatoms. The second kappa shape index (κ2) is 5.00. The number of ether oxygens (including phenoxy) is 1. The molecule has 0 fully saturated rings. The maximum atomic E-state index is 8.36. The van der Waals surface area contributed by atoms with Crippen molar-refractivity contribution >= 4 is 45.2 Å². The predicted molar refractivity (Wildman–Crippen MR) is 67.7 cm³/mol. The van der Waals surface area contributed by atoms with E-state index in [0.29, 0.717) is 0 Å². The Balaban J connectivity index is 2.96. The first-order valence-corrected chi connectivity index (χ1v) is 5.76. The van der Waals surface area contributed by atoms with Gasteiger partial charge in [-0.3, -0.25) is 0 Å². The van der Waals surface area contributed by atoms with Crippen molar-refractivity contribution in [1.82, 2.24) is 0 Å². The van der Waals surface area contributed by atoms with Crippen LogP contribution in [-0.2, 0) is 0 Å². The first-order valence-electron chi connectivity index (χ1n) is 3.60.